The van der Waals surface area contributed by atoms with Gasteiger partial charge in [0.2, 0.25) is 0 Å². The van der Waals surface area contributed by atoms with Gasteiger partial charge in [-0.3, -0.25) is 4.79 Å². The van der Waals surface area contributed by atoms with Crippen molar-refractivity contribution < 1.29 is 14.6 Å². The largest absolute Gasteiger partial charge is 0.495 e. The predicted molar refractivity (Wildman–Crippen MR) is 87.5 cm³/mol. The van der Waals surface area contributed by atoms with Gasteiger partial charge in [0.05, 0.1) is 18.7 Å². The van der Waals surface area contributed by atoms with Gasteiger partial charge < -0.3 is 20.1 Å². The summed E-state index contributed by atoms with van der Waals surface area (Å²) in [5.41, 5.74) is 2.20. The molecule has 2 N–H and O–H groups in total. The van der Waals surface area contributed by atoms with Crippen LogP contribution in [0.25, 0.3) is 0 Å². The second-order valence-electron chi connectivity index (χ2n) is 5.53. The molecule has 5 heteroatoms. The van der Waals surface area contributed by atoms with Gasteiger partial charge in [0.1, 0.15) is 5.75 Å². The predicted octanol–water partition coefficient (Wildman–Crippen LogP) is 2.27. The van der Waals surface area contributed by atoms with E-state index in [4.69, 9.17) is 9.84 Å². The molecule has 0 spiro atoms. The van der Waals surface area contributed by atoms with Crippen molar-refractivity contribution in [2.45, 2.75) is 19.4 Å². The average molecular weight is 304 g/mol. The van der Waals surface area contributed by atoms with Gasteiger partial charge in [0.25, 0.3) is 0 Å². The number of rotatable bonds is 7. The van der Waals surface area contributed by atoms with E-state index in [-0.39, 0.29) is 5.92 Å². The van der Waals surface area contributed by atoms with E-state index in [1.54, 1.807) is 7.11 Å². The van der Waals surface area contributed by atoms with E-state index in [2.05, 4.69) is 28.9 Å². The fourth-order valence-electron chi connectivity index (χ4n) is 2.78. The average Bonchev–Trinajstić information content (AvgIpc) is 2.55. The van der Waals surface area contributed by atoms with E-state index in [0.717, 1.165) is 43.2 Å². The normalized spacial score (nSPS) is 15.6. The summed E-state index contributed by atoms with van der Waals surface area (Å²) < 4.78 is 5.51. The van der Waals surface area contributed by atoms with Crippen LogP contribution in [0.3, 0.4) is 0 Å². The number of carbonyl (C=O) groups is 1. The Morgan fingerprint density at radius 2 is 2.23 bits per heavy atom. The highest BCUT2D eigenvalue weighted by molar-refractivity contribution is 5.70. The molecule has 1 aliphatic heterocycles. The minimum atomic E-state index is -0.685. The Kier molecular flexibility index (Phi) is 5.83. The third kappa shape index (κ3) is 4.01. The number of benzene rings is 1. The molecule has 1 aliphatic rings. The van der Waals surface area contributed by atoms with Gasteiger partial charge in [-0.2, -0.15) is 0 Å². The lowest BCUT2D eigenvalue weighted by Crippen LogP contribution is -2.36. The van der Waals surface area contributed by atoms with Crippen LogP contribution in [0, 0.1) is 5.92 Å². The second kappa shape index (κ2) is 7.84. The first-order chi connectivity index (χ1) is 10.7. The van der Waals surface area contributed by atoms with Crippen molar-refractivity contribution in [2.75, 3.05) is 31.6 Å². The number of nitrogens with zero attached hydrogens (tertiary/aromatic N) is 1. The van der Waals surface area contributed by atoms with Crippen molar-refractivity contribution in [3.63, 3.8) is 0 Å². The summed E-state index contributed by atoms with van der Waals surface area (Å²) in [6.07, 6.45) is 3.19. The lowest BCUT2D eigenvalue weighted by molar-refractivity contribution is -0.142. The van der Waals surface area contributed by atoms with Crippen LogP contribution in [-0.2, 0) is 11.3 Å². The fraction of sp³-hybridized carbons (Fsp3) is 0.471. The standard InChI is InChI=1S/C17H24N2O3/c1-3-8-18-12-13-4-5-15(16(11-13)22-2)19-9-6-14(7-10-19)17(20)21/h3-5,11,14,18H,1,6-10,12H2,2H3,(H,20,21). The van der Waals surface area contributed by atoms with Gasteiger partial charge >= 0.3 is 5.97 Å². The number of ether oxygens (including phenoxy) is 1. The molecule has 1 aromatic carbocycles. The van der Waals surface area contributed by atoms with Gasteiger partial charge in [-0.1, -0.05) is 12.1 Å². The number of hydrogen-bond donors (Lipinski definition) is 2. The molecule has 1 fully saturated rings. The zero-order valence-electron chi connectivity index (χ0n) is 13.0. The lowest BCUT2D eigenvalue weighted by atomic mass is 9.96. The highest BCUT2D eigenvalue weighted by Gasteiger charge is 2.25. The Balaban J connectivity index is 2.04. The number of hydrogen-bond acceptors (Lipinski definition) is 4. The first kappa shape index (κ1) is 16.4. The zero-order chi connectivity index (χ0) is 15.9. The molecular weight excluding hydrogens is 280 g/mol. The van der Waals surface area contributed by atoms with E-state index in [9.17, 15) is 4.79 Å². The van der Waals surface area contributed by atoms with Crippen LogP contribution < -0.4 is 15.0 Å². The van der Waals surface area contributed by atoms with Crippen LogP contribution in [0.15, 0.2) is 30.9 Å². The van der Waals surface area contributed by atoms with Crippen LogP contribution in [0.5, 0.6) is 5.75 Å². The molecule has 0 bridgehead atoms. The van der Waals surface area contributed by atoms with Crippen molar-refractivity contribution in [1.29, 1.82) is 0 Å². The summed E-state index contributed by atoms with van der Waals surface area (Å²) in [5.74, 6) is -0.0634. The van der Waals surface area contributed by atoms with Crippen LogP contribution in [0.1, 0.15) is 18.4 Å². The molecule has 1 saturated heterocycles. The summed E-state index contributed by atoms with van der Waals surface area (Å²) >= 11 is 0. The van der Waals surface area contributed by atoms with Gasteiger partial charge in [-0.25, -0.2) is 0 Å². The zero-order valence-corrected chi connectivity index (χ0v) is 13.0. The smallest absolute Gasteiger partial charge is 0.306 e. The third-order valence-corrected chi connectivity index (χ3v) is 4.05. The molecule has 1 aromatic rings. The van der Waals surface area contributed by atoms with Gasteiger partial charge in [-0.15, -0.1) is 6.58 Å². The number of anilines is 1. The van der Waals surface area contributed by atoms with Crippen LogP contribution >= 0.6 is 0 Å². The number of nitrogens with one attached hydrogen (secondary N) is 1. The molecule has 0 saturated carbocycles. The molecule has 1 heterocycles. The lowest BCUT2D eigenvalue weighted by Gasteiger charge is -2.33. The van der Waals surface area contributed by atoms with Crippen LogP contribution in [0.2, 0.25) is 0 Å². The summed E-state index contributed by atoms with van der Waals surface area (Å²) in [6, 6.07) is 6.18. The number of methoxy groups -OCH3 is 1. The van der Waals surface area contributed by atoms with Crippen LogP contribution in [0.4, 0.5) is 5.69 Å². The second-order valence-corrected chi connectivity index (χ2v) is 5.53. The maximum Gasteiger partial charge on any atom is 0.306 e. The van der Waals surface area contributed by atoms with E-state index in [0.29, 0.717) is 12.8 Å². The number of carboxylic acids is 1. The van der Waals surface area contributed by atoms with Crippen molar-refractivity contribution in [3.05, 3.63) is 36.4 Å². The molecule has 0 unspecified atom stereocenters. The molecular formula is C17H24N2O3. The Hall–Kier alpha value is -2.01. The van der Waals surface area contributed by atoms with Gasteiger partial charge in [-0.05, 0) is 30.5 Å². The summed E-state index contributed by atoms with van der Waals surface area (Å²) in [7, 11) is 1.67. The maximum atomic E-state index is 11.0. The fourth-order valence-corrected chi connectivity index (χ4v) is 2.78. The summed E-state index contributed by atoms with van der Waals surface area (Å²) in [4.78, 5) is 13.2. The Bertz CT molecular complexity index is 523. The molecule has 22 heavy (non-hydrogen) atoms. The highest BCUT2D eigenvalue weighted by Crippen LogP contribution is 2.32. The summed E-state index contributed by atoms with van der Waals surface area (Å²) in [6.45, 7) is 6.72. The molecule has 2 rings (SSSR count). The molecule has 0 aromatic heterocycles. The van der Waals surface area contributed by atoms with E-state index in [1.165, 1.54) is 0 Å². The van der Waals surface area contributed by atoms with Crippen molar-refractivity contribution in [3.8, 4) is 5.75 Å². The molecule has 0 atom stereocenters. The molecule has 120 valence electrons. The Morgan fingerprint density at radius 3 is 2.82 bits per heavy atom. The quantitative estimate of drug-likeness (QED) is 0.598. The third-order valence-electron chi connectivity index (χ3n) is 4.05. The van der Waals surface area contributed by atoms with E-state index in [1.807, 2.05) is 12.1 Å². The monoisotopic (exact) mass is 304 g/mol. The van der Waals surface area contributed by atoms with Crippen molar-refractivity contribution >= 4 is 11.7 Å². The first-order valence-electron chi connectivity index (χ1n) is 7.62. The highest BCUT2D eigenvalue weighted by atomic mass is 16.5. The minimum absolute atomic E-state index is 0.218. The number of carboxylic acid groups (broad SMARTS) is 1. The molecule has 0 radical (unpaired) electrons. The Morgan fingerprint density at radius 1 is 1.50 bits per heavy atom. The SMILES string of the molecule is C=CCNCc1ccc(N2CCC(C(=O)O)CC2)c(OC)c1. The van der Waals surface area contributed by atoms with Gasteiger partial charge in [0, 0.05) is 26.2 Å². The molecule has 0 amide bonds. The van der Waals surface area contributed by atoms with E-state index >= 15 is 0 Å². The number of aliphatic carboxylic acids is 1. The summed E-state index contributed by atoms with van der Waals surface area (Å²) in [5, 5.41) is 12.3. The maximum absolute atomic E-state index is 11.0. The topological polar surface area (TPSA) is 61.8 Å². The molecule has 0 aliphatic carbocycles. The van der Waals surface area contributed by atoms with Crippen molar-refractivity contribution in [1.82, 2.24) is 5.32 Å². The Labute approximate surface area is 131 Å². The van der Waals surface area contributed by atoms with Gasteiger partial charge in [0.15, 0.2) is 0 Å². The van der Waals surface area contributed by atoms with Crippen LogP contribution in [-0.4, -0.2) is 37.8 Å². The van der Waals surface area contributed by atoms with E-state index < -0.39 is 5.97 Å². The first-order valence-corrected chi connectivity index (χ1v) is 7.62. The van der Waals surface area contributed by atoms with Crippen molar-refractivity contribution in [2.24, 2.45) is 5.92 Å². The number of piperidine rings is 1. The minimum Gasteiger partial charge on any atom is -0.495 e. The molecule has 5 nitrogen and oxygen atoms in total.